The average molecular weight is 286 g/mol. The molecule has 92 valence electrons. The second-order valence-electron chi connectivity index (χ2n) is 1.67. The van der Waals surface area contributed by atoms with Crippen LogP contribution < -0.4 is 0 Å². The first-order valence-electron chi connectivity index (χ1n) is 3.39. The molecule has 1 unspecified atom stereocenters. The Bertz CT molecular complexity index is 222. The fourth-order valence-electron chi connectivity index (χ4n) is 0.417. The molecule has 0 amide bonds. The summed E-state index contributed by atoms with van der Waals surface area (Å²) in [5.41, 5.74) is 0. The maximum absolute atomic E-state index is 9.47. The first-order valence-corrected chi connectivity index (χ1v) is 4.64. The van der Waals surface area contributed by atoms with Gasteiger partial charge in [-0.1, -0.05) is 0 Å². The van der Waals surface area contributed by atoms with Crippen LogP contribution >= 0.6 is 0 Å². The molecule has 0 fully saturated rings. The Labute approximate surface area is 108 Å². The quantitative estimate of drug-likeness (QED) is 0.348. The Morgan fingerprint density at radius 2 is 1.69 bits per heavy atom. The normalized spacial score (nSPS) is 8.12. The van der Waals surface area contributed by atoms with Crippen molar-refractivity contribution in [1.82, 2.24) is 0 Å². The van der Waals surface area contributed by atoms with Crippen molar-refractivity contribution in [2.45, 2.75) is 0 Å². The van der Waals surface area contributed by atoms with Crippen LogP contribution in [0.5, 0.6) is 0 Å². The maximum Gasteiger partial charge on any atom is 0 e. The first-order chi connectivity index (χ1) is 7.27. The van der Waals surface area contributed by atoms with Gasteiger partial charge in [0.2, 0.25) is 0 Å². The van der Waals surface area contributed by atoms with Gasteiger partial charge in [0.15, 0.2) is 0 Å². The van der Waals surface area contributed by atoms with E-state index in [2.05, 4.69) is 18.0 Å². The number of ether oxygens (including phenoxy) is 1. The Kier molecular flexibility index (Phi) is 45.0. The molecular weight excluding hydrogens is 276 g/mol. The summed E-state index contributed by atoms with van der Waals surface area (Å²) in [7, 11) is 1.33. The van der Waals surface area contributed by atoms with E-state index in [0.717, 1.165) is 0 Å². The third-order valence-corrected chi connectivity index (χ3v) is 1.20. The number of hydrogen-bond acceptors (Lipinski definition) is 3. The van der Waals surface area contributed by atoms with E-state index in [0.29, 0.717) is 0 Å². The monoisotopic (exact) mass is 286 g/mol. The van der Waals surface area contributed by atoms with Crippen molar-refractivity contribution in [1.29, 1.82) is 0 Å². The van der Waals surface area contributed by atoms with Gasteiger partial charge in [-0.3, -0.25) is 4.21 Å². The van der Waals surface area contributed by atoms with Crippen LogP contribution in [0, 0.1) is 13.3 Å². The zero-order valence-corrected chi connectivity index (χ0v) is 10.3. The van der Waals surface area contributed by atoms with Crippen LogP contribution in [-0.2, 0) is 42.2 Å². The molecule has 0 spiro atoms. The summed E-state index contributed by atoms with van der Waals surface area (Å²) in [6, 6.07) is 10.0. The van der Waals surface area contributed by atoms with E-state index in [1.54, 1.807) is 0 Å². The molecule has 1 rings (SSSR count). The minimum Gasteiger partial charge on any atom is -0.214 e. The van der Waals surface area contributed by atoms with Crippen molar-refractivity contribution in [2.75, 3.05) is 13.0 Å². The van der Waals surface area contributed by atoms with Crippen LogP contribution in [0.1, 0.15) is 0 Å². The number of methoxy groups -OCH3 is 1. The molecule has 1 aromatic carbocycles. The van der Waals surface area contributed by atoms with E-state index in [9.17, 15) is 8.76 Å². The molecule has 0 radical (unpaired) electrons. The molecule has 0 aliphatic carbocycles. The van der Waals surface area contributed by atoms with Crippen LogP contribution in [0.25, 0.3) is 0 Å². The van der Waals surface area contributed by atoms with Crippen molar-refractivity contribution in [3.63, 3.8) is 0 Å². The Balaban J connectivity index is -0.0000000658. The van der Waals surface area contributed by atoms with Gasteiger partial charge >= 0.3 is 22.6 Å². The maximum atomic E-state index is 9.47. The average Bonchev–Trinajstić information content (AvgIpc) is 2.82. The molecule has 0 aliphatic rings. The number of hydrogen-bond donors (Lipinski definition) is 0. The number of rotatable bonds is 2. The SMILES string of the molecule is COCS(=O)[O-].[C-]#[O+].[C-]#[O+].[Fe].c1cc[cH-]c1. The largest absolute Gasteiger partial charge is 0.214 e. The molecular formula is C9H10FeO5S-2. The minimum absolute atomic E-state index is 0. The van der Waals surface area contributed by atoms with E-state index >= 15 is 0 Å². The fraction of sp³-hybridized carbons (Fsp3) is 0.222. The topological polar surface area (TPSA) is 89.2 Å². The van der Waals surface area contributed by atoms with Crippen LogP contribution in [-0.4, -0.2) is 21.8 Å². The standard InChI is InChI=1S/C5H5.C2H6O3S.2CO.Fe/c1-2-4-5-3-1;1-5-2-6(3)4;2*1-2;/h1-5H;2H2,1H3,(H,3,4);;;/q-1;;;;/p-1. The van der Waals surface area contributed by atoms with Crippen LogP contribution in [0.4, 0.5) is 0 Å². The van der Waals surface area contributed by atoms with Gasteiger partial charge in [-0.15, -0.1) is 0 Å². The van der Waals surface area contributed by atoms with Gasteiger partial charge in [-0.2, -0.15) is 18.2 Å². The summed E-state index contributed by atoms with van der Waals surface area (Å²) in [5, 5.41) is 0. The molecule has 0 heterocycles. The minimum atomic E-state index is -2.04. The molecule has 0 N–H and O–H groups in total. The molecule has 1 aromatic rings. The second-order valence-corrected chi connectivity index (χ2v) is 2.52. The predicted octanol–water partition coefficient (Wildman–Crippen LogP) is 0.797. The molecule has 0 aromatic heterocycles. The van der Waals surface area contributed by atoms with Gasteiger partial charge in [0.1, 0.15) is 5.94 Å². The zero-order valence-electron chi connectivity index (χ0n) is 8.40. The van der Waals surface area contributed by atoms with Gasteiger partial charge in [0, 0.05) is 24.2 Å². The van der Waals surface area contributed by atoms with Crippen molar-refractivity contribution in [2.24, 2.45) is 0 Å². The van der Waals surface area contributed by atoms with E-state index in [1.807, 2.05) is 30.3 Å². The van der Waals surface area contributed by atoms with E-state index < -0.39 is 11.1 Å². The van der Waals surface area contributed by atoms with E-state index in [4.69, 9.17) is 9.30 Å². The molecule has 16 heavy (non-hydrogen) atoms. The van der Waals surface area contributed by atoms with Crippen molar-refractivity contribution in [3.05, 3.63) is 43.6 Å². The summed E-state index contributed by atoms with van der Waals surface area (Å²) < 4.78 is 38.1. The van der Waals surface area contributed by atoms with Gasteiger partial charge in [0.25, 0.3) is 0 Å². The van der Waals surface area contributed by atoms with Gasteiger partial charge in [-0.05, 0) is 11.1 Å². The smallest absolute Gasteiger partial charge is 0 e. The van der Waals surface area contributed by atoms with Crippen molar-refractivity contribution in [3.8, 4) is 0 Å². The molecule has 1 atom stereocenters. The molecule has 0 bridgehead atoms. The van der Waals surface area contributed by atoms with Gasteiger partial charge in [0.05, 0.1) is 0 Å². The second kappa shape index (κ2) is 29.3. The van der Waals surface area contributed by atoms with Crippen molar-refractivity contribution >= 4 is 11.1 Å². The van der Waals surface area contributed by atoms with Crippen LogP contribution in [0.2, 0.25) is 0 Å². The summed E-state index contributed by atoms with van der Waals surface area (Å²) in [6.45, 7) is 9.00. The fourth-order valence-corrected chi connectivity index (χ4v) is 0.609. The summed E-state index contributed by atoms with van der Waals surface area (Å²) in [6.07, 6.45) is 0. The van der Waals surface area contributed by atoms with E-state index in [-0.39, 0.29) is 23.0 Å². The Morgan fingerprint density at radius 1 is 1.31 bits per heavy atom. The molecule has 5 nitrogen and oxygen atoms in total. The van der Waals surface area contributed by atoms with E-state index in [1.165, 1.54) is 7.11 Å². The third kappa shape index (κ3) is 37.6. The molecule has 7 heteroatoms. The van der Waals surface area contributed by atoms with Gasteiger partial charge < -0.3 is 9.29 Å². The first kappa shape index (κ1) is 24.6. The van der Waals surface area contributed by atoms with Crippen LogP contribution in [0.3, 0.4) is 0 Å². The summed E-state index contributed by atoms with van der Waals surface area (Å²) in [5.74, 6) is -0.208. The Morgan fingerprint density at radius 3 is 1.75 bits per heavy atom. The Hall–Kier alpha value is -0.581. The third-order valence-electron chi connectivity index (χ3n) is 0.770. The molecule has 0 aliphatic heterocycles. The zero-order chi connectivity index (χ0) is 12.5. The van der Waals surface area contributed by atoms with Crippen LogP contribution in [0.15, 0.2) is 30.3 Å². The molecule has 0 saturated carbocycles. The summed E-state index contributed by atoms with van der Waals surface area (Å²) in [4.78, 5) is 0. The summed E-state index contributed by atoms with van der Waals surface area (Å²) >= 11 is -2.04. The predicted molar refractivity (Wildman–Crippen MR) is 50.7 cm³/mol. The van der Waals surface area contributed by atoms with Crippen molar-refractivity contribution < 1.29 is 39.9 Å². The van der Waals surface area contributed by atoms with Gasteiger partial charge in [-0.25, -0.2) is 12.1 Å². The molecule has 0 saturated heterocycles.